The third kappa shape index (κ3) is 2.39. The first-order valence-corrected chi connectivity index (χ1v) is 4.47. The Bertz CT molecular complexity index is 361. The van der Waals surface area contributed by atoms with Crippen molar-refractivity contribution in [2.45, 2.75) is 13.3 Å². The van der Waals surface area contributed by atoms with Crippen LogP contribution in [0.2, 0.25) is 5.02 Å². The number of Topliss-reactive ketones (excluding diaryl/α,β-unsaturated/α-hetero) is 1. The molecule has 0 heterocycles. The van der Waals surface area contributed by atoms with Gasteiger partial charge in [0.15, 0.2) is 11.5 Å². The number of ketones is 1. The summed E-state index contributed by atoms with van der Waals surface area (Å²) in [5.74, 6) is 0.227. The minimum Gasteiger partial charge on any atom is -0.504 e. The Morgan fingerprint density at radius 2 is 2.21 bits per heavy atom. The van der Waals surface area contributed by atoms with Gasteiger partial charge in [-0.25, -0.2) is 0 Å². The van der Waals surface area contributed by atoms with E-state index in [4.69, 9.17) is 16.3 Å². The average molecular weight is 215 g/mol. The fourth-order valence-corrected chi connectivity index (χ4v) is 1.42. The molecule has 4 heteroatoms. The number of aromatic hydroxyl groups is 1. The summed E-state index contributed by atoms with van der Waals surface area (Å²) in [5.41, 5.74) is 0.488. The molecule has 0 saturated heterocycles. The van der Waals surface area contributed by atoms with E-state index in [9.17, 15) is 9.90 Å². The van der Waals surface area contributed by atoms with Gasteiger partial charge in [0.1, 0.15) is 5.78 Å². The minimum atomic E-state index is -0.0374. The summed E-state index contributed by atoms with van der Waals surface area (Å²) in [5, 5.41) is 10.1. The molecule has 0 aliphatic heterocycles. The largest absolute Gasteiger partial charge is 0.504 e. The topological polar surface area (TPSA) is 46.5 Å². The summed E-state index contributed by atoms with van der Waals surface area (Å²) < 4.78 is 4.90. The number of rotatable bonds is 3. The molecule has 0 aliphatic rings. The van der Waals surface area contributed by atoms with Crippen LogP contribution in [-0.2, 0) is 11.2 Å². The number of hydrogen-bond acceptors (Lipinski definition) is 3. The van der Waals surface area contributed by atoms with Crippen LogP contribution in [0.3, 0.4) is 0 Å². The maximum absolute atomic E-state index is 10.9. The van der Waals surface area contributed by atoms with E-state index in [1.807, 2.05) is 0 Å². The molecule has 1 rings (SSSR count). The van der Waals surface area contributed by atoms with Crippen molar-refractivity contribution in [3.05, 3.63) is 22.7 Å². The lowest BCUT2D eigenvalue weighted by molar-refractivity contribution is -0.116. The van der Waals surface area contributed by atoms with E-state index >= 15 is 0 Å². The van der Waals surface area contributed by atoms with Gasteiger partial charge < -0.3 is 9.84 Å². The normalized spacial score (nSPS) is 9.93. The zero-order valence-electron chi connectivity index (χ0n) is 8.00. The lowest BCUT2D eigenvalue weighted by atomic mass is 10.1. The van der Waals surface area contributed by atoms with Gasteiger partial charge in [-0.15, -0.1) is 0 Å². The van der Waals surface area contributed by atoms with Crippen molar-refractivity contribution in [3.8, 4) is 11.5 Å². The number of phenolic OH excluding ortho intramolecular Hbond substituents is 1. The van der Waals surface area contributed by atoms with Crippen LogP contribution in [0.4, 0.5) is 0 Å². The molecule has 0 spiro atoms. The fourth-order valence-electron chi connectivity index (χ4n) is 1.19. The van der Waals surface area contributed by atoms with Crippen molar-refractivity contribution in [1.82, 2.24) is 0 Å². The summed E-state index contributed by atoms with van der Waals surface area (Å²) in [4.78, 5) is 10.9. The van der Waals surface area contributed by atoms with Gasteiger partial charge in [0, 0.05) is 23.1 Å². The molecule has 1 N–H and O–H groups in total. The molecule has 0 fully saturated rings. The lowest BCUT2D eigenvalue weighted by Crippen LogP contribution is -1.98. The number of benzene rings is 1. The van der Waals surface area contributed by atoms with Gasteiger partial charge in [0.2, 0.25) is 0 Å². The maximum Gasteiger partial charge on any atom is 0.162 e. The molecule has 3 nitrogen and oxygen atoms in total. The predicted molar refractivity (Wildman–Crippen MR) is 54.1 cm³/mol. The predicted octanol–water partition coefficient (Wildman–Crippen LogP) is 2.19. The van der Waals surface area contributed by atoms with Crippen molar-refractivity contribution in [1.29, 1.82) is 0 Å². The first kappa shape index (κ1) is 10.9. The number of ether oxygens (including phenoxy) is 1. The second-order valence-corrected chi connectivity index (χ2v) is 3.43. The maximum atomic E-state index is 10.9. The molecular formula is C10H11ClO3. The van der Waals surface area contributed by atoms with Gasteiger partial charge in [0.25, 0.3) is 0 Å². The lowest BCUT2D eigenvalue weighted by Gasteiger charge is -2.08. The summed E-state index contributed by atoms with van der Waals surface area (Å²) in [6.07, 6.45) is 0.156. The minimum absolute atomic E-state index is 0.0212. The van der Waals surface area contributed by atoms with Crippen molar-refractivity contribution in [2.75, 3.05) is 7.11 Å². The van der Waals surface area contributed by atoms with E-state index in [-0.39, 0.29) is 23.7 Å². The second kappa shape index (κ2) is 4.33. The van der Waals surface area contributed by atoms with Crippen LogP contribution >= 0.6 is 11.6 Å². The third-order valence-corrected chi connectivity index (χ3v) is 2.00. The monoisotopic (exact) mass is 214 g/mol. The number of hydrogen-bond donors (Lipinski definition) is 1. The van der Waals surface area contributed by atoms with Crippen LogP contribution in [0.1, 0.15) is 12.5 Å². The van der Waals surface area contributed by atoms with E-state index < -0.39 is 0 Å². The van der Waals surface area contributed by atoms with Gasteiger partial charge in [-0.2, -0.15) is 0 Å². The van der Waals surface area contributed by atoms with Gasteiger partial charge in [-0.3, -0.25) is 4.79 Å². The van der Waals surface area contributed by atoms with Gasteiger partial charge in [0.05, 0.1) is 7.11 Å². The smallest absolute Gasteiger partial charge is 0.162 e. The molecule has 0 atom stereocenters. The summed E-state index contributed by atoms with van der Waals surface area (Å²) in [6.45, 7) is 1.45. The first-order valence-electron chi connectivity index (χ1n) is 4.09. The molecule has 0 aromatic heterocycles. The highest BCUT2D eigenvalue weighted by atomic mass is 35.5. The van der Waals surface area contributed by atoms with Gasteiger partial charge in [-0.1, -0.05) is 11.6 Å². The second-order valence-electron chi connectivity index (χ2n) is 2.99. The van der Waals surface area contributed by atoms with Crippen LogP contribution < -0.4 is 4.74 Å². The summed E-state index contributed by atoms with van der Waals surface area (Å²) >= 11 is 5.78. The Hall–Kier alpha value is -1.22. The molecule has 0 bridgehead atoms. The summed E-state index contributed by atoms with van der Waals surface area (Å²) in [7, 11) is 1.43. The number of phenols is 1. The number of halogens is 1. The molecule has 1 aromatic rings. The zero-order valence-corrected chi connectivity index (χ0v) is 8.76. The van der Waals surface area contributed by atoms with Crippen LogP contribution in [-0.4, -0.2) is 18.0 Å². The van der Waals surface area contributed by atoms with Crippen LogP contribution in [0, 0.1) is 0 Å². The Morgan fingerprint density at radius 3 is 2.71 bits per heavy atom. The molecule has 0 radical (unpaired) electrons. The highest BCUT2D eigenvalue weighted by Crippen LogP contribution is 2.33. The van der Waals surface area contributed by atoms with E-state index in [1.54, 1.807) is 6.07 Å². The Kier molecular flexibility index (Phi) is 3.36. The molecule has 76 valence electrons. The van der Waals surface area contributed by atoms with Crippen LogP contribution in [0.15, 0.2) is 12.1 Å². The highest BCUT2D eigenvalue weighted by Gasteiger charge is 2.11. The number of methoxy groups -OCH3 is 1. The van der Waals surface area contributed by atoms with Gasteiger partial charge >= 0.3 is 0 Å². The van der Waals surface area contributed by atoms with E-state index in [0.29, 0.717) is 10.6 Å². The van der Waals surface area contributed by atoms with Gasteiger partial charge in [-0.05, 0) is 13.0 Å². The quantitative estimate of drug-likeness (QED) is 0.839. The van der Waals surface area contributed by atoms with Crippen molar-refractivity contribution in [2.24, 2.45) is 0 Å². The highest BCUT2D eigenvalue weighted by molar-refractivity contribution is 6.30. The summed E-state index contributed by atoms with van der Waals surface area (Å²) in [6, 6.07) is 3.06. The van der Waals surface area contributed by atoms with E-state index in [1.165, 1.54) is 20.1 Å². The van der Waals surface area contributed by atoms with Crippen LogP contribution in [0.5, 0.6) is 11.5 Å². The van der Waals surface area contributed by atoms with Crippen molar-refractivity contribution >= 4 is 17.4 Å². The number of carbonyl (C=O) groups is 1. The van der Waals surface area contributed by atoms with Crippen LogP contribution in [0.25, 0.3) is 0 Å². The number of carbonyl (C=O) groups excluding carboxylic acids is 1. The molecule has 0 amide bonds. The molecule has 0 aliphatic carbocycles. The molecular weight excluding hydrogens is 204 g/mol. The van der Waals surface area contributed by atoms with Crippen molar-refractivity contribution in [3.63, 3.8) is 0 Å². The SMILES string of the molecule is COc1cc(Cl)cc(CC(C)=O)c1O. The van der Waals surface area contributed by atoms with E-state index in [2.05, 4.69) is 0 Å². The Labute approximate surface area is 87.3 Å². The average Bonchev–Trinajstić information content (AvgIpc) is 2.09. The molecule has 0 saturated carbocycles. The molecule has 14 heavy (non-hydrogen) atoms. The van der Waals surface area contributed by atoms with Crippen molar-refractivity contribution < 1.29 is 14.6 Å². The Balaban J connectivity index is 3.15. The van der Waals surface area contributed by atoms with E-state index in [0.717, 1.165) is 0 Å². The standard InChI is InChI=1S/C10H11ClO3/c1-6(12)3-7-4-8(11)5-9(14-2)10(7)13/h4-5,13H,3H2,1-2H3. The molecule has 1 aromatic carbocycles. The Morgan fingerprint density at radius 1 is 1.57 bits per heavy atom. The molecule has 0 unspecified atom stereocenters. The zero-order chi connectivity index (χ0) is 10.7. The first-order chi connectivity index (χ1) is 6.54. The fraction of sp³-hybridized carbons (Fsp3) is 0.300. The third-order valence-electron chi connectivity index (χ3n) is 1.78.